The van der Waals surface area contributed by atoms with Crippen LogP contribution in [0.4, 0.5) is 5.69 Å². The van der Waals surface area contributed by atoms with Crippen LogP contribution in [0.5, 0.6) is 0 Å². The maximum atomic E-state index is 5.59. The Morgan fingerprint density at radius 1 is 1.00 bits per heavy atom. The largest absolute Gasteiger partial charge is 0.385 e. The van der Waals surface area contributed by atoms with E-state index in [-0.39, 0.29) is 0 Å². The molecule has 1 N–H and O–H groups in total. The average molecular weight is 241 g/mol. The maximum absolute atomic E-state index is 5.59. The second-order valence-corrected chi connectivity index (χ2v) is 4.72. The van der Waals surface area contributed by atoms with Crippen molar-refractivity contribution in [2.75, 3.05) is 25.1 Å². The minimum absolute atomic E-state index is 0.681. The molecule has 16 heavy (non-hydrogen) atoms. The summed E-state index contributed by atoms with van der Waals surface area (Å²) in [4.78, 5) is 0. The smallest absolute Gasteiger partial charge is 0.205 e. The van der Waals surface area contributed by atoms with Gasteiger partial charge in [0.25, 0.3) is 0 Å². The minimum atomic E-state index is -0.905. The van der Waals surface area contributed by atoms with Gasteiger partial charge in [0.1, 0.15) is 0 Å². The molecule has 0 atom stereocenters. The predicted molar refractivity (Wildman–Crippen MR) is 70.4 cm³/mol. The quantitative estimate of drug-likeness (QED) is 0.744. The molecule has 0 fully saturated rings. The van der Waals surface area contributed by atoms with E-state index in [1.54, 1.807) is 0 Å². The van der Waals surface area contributed by atoms with Crippen molar-refractivity contribution < 1.29 is 9.05 Å². The van der Waals surface area contributed by atoms with Gasteiger partial charge in [-0.05, 0) is 45.0 Å². The molecular formula is C12H20NO2P. The van der Waals surface area contributed by atoms with Gasteiger partial charge >= 0.3 is 0 Å². The van der Waals surface area contributed by atoms with Gasteiger partial charge in [0, 0.05) is 17.5 Å². The third kappa shape index (κ3) is 4.09. The van der Waals surface area contributed by atoms with Gasteiger partial charge < -0.3 is 14.4 Å². The predicted octanol–water partition coefficient (Wildman–Crippen LogP) is 3.13. The number of benzene rings is 1. The highest BCUT2D eigenvalue weighted by atomic mass is 31.2. The van der Waals surface area contributed by atoms with E-state index in [1.807, 2.05) is 13.8 Å². The zero-order valence-electron chi connectivity index (χ0n) is 10.2. The monoisotopic (exact) mass is 241 g/mol. The highest BCUT2D eigenvalue weighted by Gasteiger charge is 2.11. The summed E-state index contributed by atoms with van der Waals surface area (Å²) in [6.07, 6.45) is 0. The van der Waals surface area contributed by atoms with Crippen LogP contribution in [0.25, 0.3) is 0 Å². The Hall–Kier alpha value is -0.630. The first-order valence-corrected chi connectivity index (χ1v) is 6.89. The Bertz CT molecular complexity index is 284. The van der Waals surface area contributed by atoms with Gasteiger partial charge in [-0.1, -0.05) is 0 Å². The molecule has 1 aromatic carbocycles. The van der Waals surface area contributed by atoms with E-state index in [9.17, 15) is 0 Å². The van der Waals surface area contributed by atoms with Crippen molar-refractivity contribution in [3.8, 4) is 0 Å². The van der Waals surface area contributed by atoms with Crippen LogP contribution >= 0.6 is 8.38 Å². The Balaban J connectivity index is 2.68. The number of hydrogen-bond donors (Lipinski definition) is 1. The van der Waals surface area contributed by atoms with Crippen molar-refractivity contribution in [1.29, 1.82) is 0 Å². The first-order valence-electron chi connectivity index (χ1n) is 5.71. The first kappa shape index (κ1) is 13.4. The zero-order valence-corrected chi connectivity index (χ0v) is 11.1. The molecule has 3 nitrogen and oxygen atoms in total. The molecule has 4 heteroatoms. The standard InChI is InChI=1S/C12H20NO2P/c1-4-13-11-7-9-12(10-8-11)16(14-5-2)15-6-3/h7-10,13H,4-6H2,1-3H3. The molecule has 1 aromatic rings. The summed E-state index contributed by atoms with van der Waals surface area (Å²) in [5, 5.41) is 4.39. The van der Waals surface area contributed by atoms with Crippen LogP contribution in [-0.4, -0.2) is 19.8 Å². The number of hydrogen-bond acceptors (Lipinski definition) is 3. The number of rotatable bonds is 7. The molecular weight excluding hydrogens is 221 g/mol. The molecule has 0 saturated carbocycles. The van der Waals surface area contributed by atoms with Crippen LogP contribution in [-0.2, 0) is 9.05 Å². The summed E-state index contributed by atoms with van der Waals surface area (Å²) in [6.45, 7) is 8.36. The molecule has 0 unspecified atom stereocenters. The van der Waals surface area contributed by atoms with Gasteiger partial charge in [-0.2, -0.15) is 0 Å². The molecule has 0 aliphatic carbocycles. The molecule has 0 aliphatic heterocycles. The summed E-state index contributed by atoms with van der Waals surface area (Å²) >= 11 is 0. The first-order chi connectivity index (χ1) is 7.81. The topological polar surface area (TPSA) is 30.5 Å². The van der Waals surface area contributed by atoms with Crippen molar-refractivity contribution in [2.45, 2.75) is 20.8 Å². The van der Waals surface area contributed by atoms with Gasteiger partial charge in [-0.15, -0.1) is 0 Å². The van der Waals surface area contributed by atoms with Crippen molar-refractivity contribution >= 4 is 19.4 Å². The second-order valence-electron chi connectivity index (χ2n) is 3.17. The molecule has 0 aliphatic rings. The fraction of sp³-hybridized carbons (Fsp3) is 0.500. The Morgan fingerprint density at radius 2 is 1.56 bits per heavy atom. The van der Waals surface area contributed by atoms with Crippen LogP contribution in [0.1, 0.15) is 20.8 Å². The molecule has 0 bridgehead atoms. The molecule has 0 amide bonds. The maximum Gasteiger partial charge on any atom is 0.205 e. The van der Waals surface area contributed by atoms with Gasteiger partial charge in [-0.3, -0.25) is 0 Å². The zero-order chi connectivity index (χ0) is 11.8. The van der Waals surface area contributed by atoms with Crippen LogP contribution in [0.3, 0.4) is 0 Å². The summed E-state index contributed by atoms with van der Waals surface area (Å²) in [5.74, 6) is 0. The molecule has 0 spiro atoms. The molecule has 90 valence electrons. The minimum Gasteiger partial charge on any atom is -0.385 e. The second kappa shape index (κ2) is 7.61. The van der Waals surface area contributed by atoms with Crippen molar-refractivity contribution in [1.82, 2.24) is 0 Å². The molecule has 0 heterocycles. The van der Waals surface area contributed by atoms with E-state index in [0.717, 1.165) is 17.5 Å². The van der Waals surface area contributed by atoms with Crippen LogP contribution in [0.15, 0.2) is 24.3 Å². The summed E-state index contributed by atoms with van der Waals surface area (Å²) in [7, 11) is -0.905. The molecule has 1 rings (SSSR count). The lowest BCUT2D eigenvalue weighted by atomic mass is 10.3. The highest BCUT2D eigenvalue weighted by Crippen LogP contribution is 2.36. The van der Waals surface area contributed by atoms with Crippen LogP contribution in [0, 0.1) is 0 Å². The van der Waals surface area contributed by atoms with Crippen molar-refractivity contribution in [3.05, 3.63) is 24.3 Å². The van der Waals surface area contributed by atoms with Crippen molar-refractivity contribution in [2.24, 2.45) is 0 Å². The van der Waals surface area contributed by atoms with E-state index >= 15 is 0 Å². The fourth-order valence-corrected chi connectivity index (χ4v) is 2.56. The lowest BCUT2D eigenvalue weighted by Gasteiger charge is -2.16. The van der Waals surface area contributed by atoms with Gasteiger partial charge in [0.05, 0.1) is 13.2 Å². The number of nitrogens with one attached hydrogen (secondary N) is 1. The molecule has 0 saturated heterocycles. The third-order valence-electron chi connectivity index (χ3n) is 1.95. The van der Waals surface area contributed by atoms with E-state index < -0.39 is 8.38 Å². The van der Waals surface area contributed by atoms with Crippen LogP contribution < -0.4 is 10.6 Å². The van der Waals surface area contributed by atoms with Gasteiger partial charge in [-0.25, -0.2) is 0 Å². The SMILES string of the molecule is CCNc1ccc(P(OCC)OCC)cc1. The fourth-order valence-electron chi connectivity index (χ4n) is 1.33. The van der Waals surface area contributed by atoms with E-state index in [1.165, 1.54) is 0 Å². The highest BCUT2D eigenvalue weighted by molar-refractivity contribution is 7.56. The third-order valence-corrected chi connectivity index (χ3v) is 3.66. The Labute approximate surface area is 99.1 Å². The summed E-state index contributed by atoms with van der Waals surface area (Å²) in [6, 6.07) is 8.25. The molecule has 0 aromatic heterocycles. The van der Waals surface area contributed by atoms with Gasteiger partial charge in [0.2, 0.25) is 8.38 Å². The Kier molecular flexibility index (Phi) is 6.39. The van der Waals surface area contributed by atoms with E-state index in [4.69, 9.17) is 9.05 Å². The average Bonchev–Trinajstić information content (AvgIpc) is 2.30. The molecule has 0 radical (unpaired) electrons. The summed E-state index contributed by atoms with van der Waals surface area (Å²) < 4.78 is 11.2. The lowest BCUT2D eigenvalue weighted by Crippen LogP contribution is -2.06. The van der Waals surface area contributed by atoms with Crippen LogP contribution in [0.2, 0.25) is 0 Å². The van der Waals surface area contributed by atoms with Gasteiger partial charge in [0.15, 0.2) is 0 Å². The summed E-state index contributed by atoms with van der Waals surface area (Å²) in [5.41, 5.74) is 1.13. The van der Waals surface area contributed by atoms with E-state index in [2.05, 4.69) is 36.5 Å². The number of anilines is 1. The normalized spacial score (nSPS) is 10.8. The van der Waals surface area contributed by atoms with E-state index in [0.29, 0.717) is 13.2 Å². The van der Waals surface area contributed by atoms with Crippen molar-refractivity contribution in [3.63, 3.8) is 0 Å². The lowest BCUT2D eigenvalue weighted by molar-refractivity contribution is 0.277. The Morgan fingerprint density at radius 3 is 2.00 bits per heavy atom.